The predicted molar refractivity (Wildman–Crippen MR) is 73.4 cm³/mol. The highest BCUT2D eigenvalue weighted by molar-refractivity contribution is 6.37. The number of para-hydroxylation sites is 1. The lowest BCUT2D eigenvalue weighted by atomic mass is 10.1. The number of benzene rings is 1. The van der Waals surface area contributed by atoms with Gasteiger partial charge in [-0.2, -0.15) is 0 Å². The smallest absolute Gasteiger partial charge is 0.375 e. The van der Waals surface area contributed by atoms with E-state index in [4.69, 9.17) is 0 Å². The summed E-state index contributed by atoms with van der Waals surface area (Å²) in [6.45, 7) is 1.59. The molecule has 1 rings (SSSR count). The topological polar surface area (TPSA) is 104 Å². The maximum Gasteiger partial charge on any atom is 0.375 e. The fraction of sp³-hybridized carbons (Fsp3) is 0.214. The number of Topliss-reactive ketones (excluding diaryl/α,β-unsaturated/α-hetero) is 1. The standard InChI is InChI=1S/C14H13NO6/c1-2-21-14(18)13(17)9-11(16)8-7-10-5-3-4-6-12(10)15(19)20/h3-8H,2,9H2,1H3. The number of carbonyl (C=O) groups is 3. The van der Waals surface area contributed by atoms with Crippen LogP contribution in [0.5, 0.6) is 0 Å². The van der Waals surface area contributed by atoms with Crippen molar-refractivity contribution in [1.29, 1.82) is 0 Å². The zero-order valence-electron chi connectivity index (χ0n) is 11.3. The van der Waals surface area contributed by atoms with E-state index in [1.165, 1.54) is 24.3 Å². The number of hydrogen-bond acceptors (Lipinski definition) is 6. The molecule has 1 aromatic rings. The van der Waals surface area contributed by atoms with Crippen molar-refractivity contribution in [2.75, 3.05) is 6.61 Å². The molecule has 0 amide bonds. The van der Waals surface area contributed by atoms with Crippen molar-refractivity contribution >= 4 is 29.3 Å². The number of nitro benzene ring substituents is 1. The summed E-state index contributed by atoms with van der Waals surface area (Å²) in [5.74, 6) is -2.65. The zero-order chi connectivity index (χ0) is 15.8. The first-order valence-corrected chi connectivity index (χ1v) is 6.10. The molecule has 110 valence electrons. The van der Waals surface area contributed by atoms with Gasteiger partial charge in [-0.25, -0.2) is 4.79 Å². The Balaban J connectivity index is 2.73. The van der Waals surface area contributed by atoms with Gasteiger partial charge in [0.05, 0.1) is 23.5 Å². The molecule has 0 atom stereocenters. The molecule has 0 bridgehead atoms. The first-order valence-electron chi connectivity index (χ1n) is 6.10. The third-order valence-corrected chi connectivity index (χ3v) is 2.42. The molecular weight excluding hydrogens is 278 g/mol. The van der Waals surface area contributed by atoms with Crippen LogP contribution in [0.4, 0.5) is 5.69 Å². The summed E-state index contributed by atoms with van der Waals surface area (Å²) >= 11 is 0. The van der Waals surface area contributed by atoms with Crippen LogP contribution in [0.1, 0.15) is 18.9 Å². The van der Waals surface area contributed by atoms with Crippen LogP contribution >= 0.6 is 0 Å². The van der Waals surface area contributed by atoms with E-state index in [-0.39, 0.29) is 17.9 Å². The Bertz CT molecular complexity index is 605. The largest absolute Gasteiger partial charge is 0.460 e. The zero-order valence-corrected chi connectivity index (χ0v) is 11.3. The molecule has 1 aromatic carbocycles. The number of nitro groups is 1. The Morgan fingerprint density at radius 3 is 2.57 bits per heavy atom. The number of esters is 1. The number of carbonyl (C=O) groups excluding carboxylic acids is 3. The number of ketones is 2. The molecule has 0 aliphatic rings. The minimum Gasteiger partial charge on any atom is -0.460 e. The Kier molecular flexibility index (Phi) is 5.94. The second-order valence-electron chi connectivity index (χ2n) is 3.94. The fourth-order valence-corrected chi connectivity index (χ4v) is 1.48. The number of ether oxygens (including phenoxy) is 1. The molecule has 0 fully saturated rings. The Labute approximate surface area is 120 Å². The Hall–Kier alpha value is -2.83. The van der Waals surface area contributed by atoms with Gasteiger partial charge in [0.1, 0.15) is 0 Å². The van der Waals surface area contributed by atoms with Crippen LogP contribution in [0.15, 0.2) is 30.3 Å². The van der Waals surface area contributed by atoms with Crippen molar-refractivity contribution in [3.63, 3.8) is 0 Å². The van der Waals surface area contributed by atoms with E-state index in [2.05, 4.69) is 4.74 Å². The highest BCUT2D eigenvalue weighted by Gasteiger charge is 2.17. The van der Waals surface area contributed by atoms with Gasteiger partial charge in [-0.15, -0.1) is 0 Å². The van der Waals surface area contributed by atoms with E-state index in [0.717, 1.165) is 6.08 Å². The molecule has 21 heavy (non-hydrogen) atoms. The van der Waals surface area contributed by atoms with Crippen molar-refractivity contribution in [1.82, 2.24) is 0 Å². The summed E-state index contributed by atoms with van der Waals surface area (Å²) in [6, 6.07) is 5.85. The van der Waals surface area contributed by atoms with Crippen LogP contribution in [-0.2, 0) is 19.1 Å². The molecule has 7 nitrogen and oxygen atoms in total. The molecule has 0 aliphatic heterocycles. The molecule has 0 heterocycles. The molecule has 0 N–H and O–H groups in total. The number of rotatable bonds is 7. The molecular formula is C14H13NO6. The Morgan fingerprint density at radius 1 is 1.29 bits per heavy atom. The van der Waals surface area contributed by atoms with Gasteiger partial charge in [0.25, 0.3) is 5.69 Å². The van der Waals surface area contributed by atoms with E-state index in [1.807, 2.05) is 0 Å². The molecule has 0 spiro atoms. The molecule has 0 saturated heterocycles. The van der Waals surface area contributed by atoms with Crippen molar-refractivity contribution in [3.05, 3.63) is 46.0 Å². The van der Waals surface area contributed by atoms with Crippen LogP contribution in [0.2, 0.25) is 0 Å². The van der Waals surface area contributed by atoms with E-state index in [0.29, 0.717) is 0 Å². The highest BCUT2D eigenvalue weighted by Crippen LogP contribution is 2.18. The number of allylic oxidation sites excluding steroid dienone is 1. The van der Waals surface area contributed by atoms with Crippen LogP contribution in [0, 0.1) is 10.1 Å². The van der Waals surface area contributed by atoms with Crippen molar-refractivity contribution in [2.24, 2.45) is 0 Å². The normalized spacial score (nSPS) is 10.3. The number of nitrogens with zero attached hydrogens (tertiary/aromatic N) is 1. The first-order chi connectivity index (χ1) is 9.95. The fourth-order valence-electron chi connectivity index (χ4n) is 1.48. The van der Waals surface area contributed by atoms with Gasteiger partial charge in [0, 0.05) is 6.07 Å². The molecule has 7 heteroatoms. The summed E-state index contributed by atoms with van der Waals surface area (Å²) in [4.78, 5) is 44.1. The second kappa shape index (κ2) is 7.68. The van der Waals surface area contributed by atoms with E-state index in [9.17, 15) is 24.5 Å². The van der Waals surface area contributed by atoms with Crippen LogP contribution in [0.25, 0.3) is 6.08 Å². The van der Waals surface area contributed by atoms with E-state index >= 15 is 0 Å². The van der Waals surface area contributed by atoms with Crippen LogP contribution < -0.4 is 0 Å². The van der Waals surface area contributed by atoms with Crippen molar-refractivity contribution in [3.8, 4) is 0 Å². The molecule has 0 aromatic heterocycles. The van der Waals surface area contributed by atoms with Crippen molar-refractivity contribution < 1.29 is 24.0 Å². The van der Waals surface area contributed by atoms with Gasteiger partial charge < -0.3 is 4.74 Å². The average Bonchev–Trinajstić information content (AvgIpc) is 2.45. The van der Waals surface area contributed by atoms with Gasteiger partial charge in [-0.1, -0.05) is 12.1 Å². The molecule has 0 unspecified atom stereocenters. The summed E-state index contributed by atoms with van der Waals surface area (Å²) in [5, 5.41) is 10.8. The summed E-state index contributed by atoms with van der Waals surface area (Å²) in [5.41, 5.74) is 0.0812. The maximum atomic E-state index is 11.5. The average molecular weight is 291 g/mol. The summed E-state index contributed by atoms with van der Waals surface area (Å²) in [6.07, 6.45) is 1.63. The van der Waals surface area contributed by atoms with Gasteiger partial charge >= 0.3 is 5.97 Å². The summed E-state index contributed by atoms with van der Waals surface area (Å²) < 4.78 is 4.46. The summed E-state index contributed by atoms with van der Waals surface area (Å²) in [7, 11) is 0. The quantitative estimate of drug-likeness (QED) is 0.189. The third kappa shape index (κ3) is 4.98. The highest BCUT2D eigenvalue weighted by atomic mass is 16.6. The van der Waals surface area contributed by atoms with Crippen molar-refractivity contribution in [2.45, 2.75) is 13.3 Å². The molecule has 0 aliphatic carbocycles. The minimum absolute atomic E-state index is 0.0464. The molecule has 0 radical (unpaired) electrons. The van der Waals surface area contributed by atoms with Gasteiger partial charge in [0.15, 0.2) is 5.78 Å². The predicted octanol–water partition coefficient (Wildman–Crippen LogP) is 1.70. The minimum atomic E-state index is -1.06. The number of hydrogen-bond donors (Lipinski definition) is 0. The van der Waals surface area contributed by atoms with E-state index < -0.39 is 28.9 Å². The molecule has 0 saturated carbocycles. The lowest BCUT2D eigenvalue weighted by Crippen LogP contribution is -2.19. The van der Waals surface area contributed by atoms with Crippen LogP contribution in [0.3, 0.4) is 0 Å². The third-order valence-electron chi connectivity index (χ3n) is 2.42. The SMILES string of the molecule is CCOC(=O)C(=O)CC(=O)C=Cc1ccccc1[N+](=O)[O-]. The van der Waals surface area contributed by atoms with Gasteiger partial charge in [0.2, 0.25) is 5.78 Å². The van der Waals surface area contributed by atoms with E-state index in [1.54, 1.807) is 13.0 Å². The second-order valence-corrected chi connectivity index (χ2v) is 3.94. The maximum absolute atomic E-state index is 11.5. The lowest BCUT2D eigenvalue weighted by molar-refractivity contribution is -0.385. The Morgan fingerprint density at radius 2 is 1.95 bits per heavy atom. The first kappa shape index (κ1) is 16.2. The monoisotopic (exact) mass is 291 g/mol. The van der Waals surface area contributed by atoms with Gasteiger partial charge in [-0.05, 0) is 25.1 Å². The van der Waals surface area contributed by atoms with Crippen LogP contribution in [-0.4, -0.2) is 29.1 Å². The van der Waals surface area contributed by atoms with Gasteiger partial charge in [-0.3, -0.25) is 19.7 Å². The lowest BCUT2D eigenvalue weighted by Gasteiger charge is -1.98.